The summed E-state index contributed by atoms with van der Waals surface area (Å²) < 4.78 is 0. The predicted molar refractivity (Wildman–Crippen MR) is 90.5 cm³/mol. The number of fused-ring (bicyclic) bond motifs is 2. The molecule has 0 radical (unpaired) electrons. The van der Waals surface area contributed by atoms with Crippen LogP contribution in [-0.4, -0.2) is 25.0 Å². The van der Waals surface area contributed by atoms with Crippen LogP contribution in [-0.2, 0) is 6.54 Å². The van der Waals surface area contributed by atoms with Gasteiger partial charge in [0.1, 0.15) is 0 Å². The van der Waals surface area contributed by atoms with Gasteiger partial charge in [0.2, 0.25) is 0 Å². The maximum absolute atomic E-state index is 3.84. The molecule has 2 saturated carbocycles. The normalized spacial score (nSPS) is 33.6. The van der Waals surface area contributed by atoms with E-state index in [1.165, 1.54) is 30.5 Å². The van der Waals surface area contributed by atoms with Crippen molar-refractivity contribution in [3.63, 3.8) is 0 Å². The van der Waals surface area contributed by atoms with Gasteiger partial charge in [-0.2, -0.15) is 0 Å². The van der Waals surface area contributed by atoms with Gasteiger partial charge in [-0.1, -0.05) is 32.9 Å². The van der Waals surface area contributed by atoms with Crippen LogP contribution in [0.2, 0.25) is 0 Å². The molecule has 2 fully saturated rings. The summed E-state index contributed by atoms with van der Waals surface area (Å²) in [6.07, 6.45) is 4.13. The van der Waals surface area contributed by atoms with Crippen molar-refractivity contribution in [2.75, 3.05) is 19.4 Å². The highest BCUT2D eigenvalue weighted by molar-refractivity contribution is 5.46. The zero-order valence-electron chi connectivity index (χ0n) is 14.2. The third kappa shape index (κ3) is 2.38. The van der Waals surface area contributed by atoms with E-state index in [1.54, 1.807) is 0 Å². The number of rotatable bonds is 4. The molecule has 3 atom stereocenters. The van der Waals surface area contributed by atoms with E-state index < -0.39 is 0 Å². The Labute approximate surface area is 129 Å². The second kappa shape index (κ2) is 5.01. The lowest BCUT2D eigenvalue weighted by Crippen LogP contribution is -2.40. The fraction of sp³-hybridized carbons (Fsp3) is 0.684. The Kier molecular flexibility index (Phi) is 3.56. The summed E-state index contributed by atoms with van der Waals surface area (Å²) in [5.74, 6) is 0.896. The van der Waals surface area contributed by atoms with E-state index in [-0.39, 0.29) is 0 Å². The van der Waals surface area contributed by atoms with Crippen LogP contribution in [0.5, 0.6) is 0 Å². The van der Waals surface area contributed by atoms with E-state index in [4.69, 9.17) is 0 Å². The average Bonchev–Trinajstić information content (AvgIpc) is 2.73. The molecule has 0 spiro atoms. The molecule has 2 aliphatic rings. The summed E-state index contributed by atoms with van der Waals surface area (Å²) in [7, 11) is 4.23. The Hall–Kier alpha value is -1.02. The second-order valence-corrected chi connectivity index (χ2v) is 8.24. The molecule has 2 aliphatic carbocycles. The molecule has 1 aromatic carbocycles. The minimum Gasteiger partial charge on any atom is -0.382 e. The van der Waals surface area contributed by atoms with E-state index in [9.17, 15) is 0 Å². The molecule has 21 heavy (non-hydrogen) atoms. The van der Waals surface area contributed by atoms with E-state index in [1.807, 2.05) is 0 Å². The summed E-state index contributed by atoms with van der Waals surface area (Å²) in [6.45, 7) is 8.47. The van der Waals surface area contributed by atoms with E-state index in [0.717, 1.165) is 12.5 Å². The Morgan fingerprint density at radius 1 is 1.14 bits per heavy atom. The lowest BCUT2D eigenvalue weighted by atomic mass is 9.69. The molecular formula is C19H30N2. The summed E-state index contributed by atoms with van der Waals surface area (Å²) in [4.78, 5) is 2.21. The topological polar surface area (TPSA) is 15.3 Å². The minimum absolute atomic E-state index is 0.444. The lowest BCUT2D eigenvalue weighted by Gasteiger charge is -2.40. The fourth-order valence-corrected chi connectivity index (χ4v) is 4.69. The van der Waals surface area contributed by atoms with Gasteiger partial charge in [-0.25, -0.2) is 0 Å². The number of hydrogen-bond donors (Lipinski definition) is 1. The minimum atomic E-state index is 0.444. The molecule has 0 saturated heterocycles. The van der Waals surface area contributed by atoms with E-state index >= 15 is 0 Å². The first-order valence-corrected chi connectivity index (χ1v) is 8.33. The second-order valence-electron chi connectivity index (χ2n) is 8.24. The molecule has 0 amide bonds. The summed E-state index contributed by atoms with van der Waals surface area (Å²) in [5, 5.41) is 3.84. The Bertz CT molecular complexity index is 503. The molecule has 2 heteroatoms. The maximum atomic E-state index is 3.84. The first kappa shape index (κ1) is 14.9. The molecule has 0 aliphatic heterocycles. The summed E-state index contributed by atoms with van der Waals surface area (Å²) >= 11 is 0. The molecule has 116 valence electrons. The number of hydrogen-bond acceptors (Lipinski definition) is 2. The van der Waals surface area contributed by atoms with Gasteiger partial charge < -0.3 is 10.2 Å². The zero-order valence-corrected chi connectivity index (χ0v) is 14.2. The van der Waals surface area contributed by atoms with E-state index in [0.29, 0.717) is 16.9 Å². The van der Waals surface area contributed by atoms with Gasteiger partial charge in [-0.3, -0.25) is 0 Å². The Balaban J connectivity index is 1.71. The molecule has 2 nitrogen and oxygen atoms in total. The van der Waals surface area contributed by atoms with E-state index in [2.05, 4.69) is 69.3 Å². The smallest absolute Gasteiger partial charge is 0.0342 e. The average molecular weight is 286 g/mol. The number of nitrogens with one attached hydrogen (secondary N) is 1. The number of nitrogens with zero attached hydrogens (tertiary/aromatic N) is 1. The van der Waals surface area contributed by atoms with Crippen molar-refractivity contribution in [3.05, 3.63) is 29.8 Å². The van der Waals surface area contributed by atoms with Crippen LogP contribution in [0.4, 0.5) is 5.69 Å². The molecule has 3 rings (SSSR count). The molecule has 0 aromatic heterocycles. The largest absolute Gasteiger partial charge is 0.382 e. The van der Waals surface area contributed by atoms with Crippen LogP contribution in [0.25, 0.3) is 0 Å². The quantitative estimate of drug-likeness (QED) is 0.884. The molecule has 3 unspecified atom stereocenters. The standard InChI is InChI=1S/C19H30N2/c1-18(2)15-10-11-19(18,3)17(12-15)20-16-8-6-14(7-9-16)13-21(4)5/h6-9,15,17,20H,10-13H2,1-5H3. The van der Waals surface area contributed by atoms with Gasteiger partial charge in [0.25, 0.3) is 0 Å². The molecule has 1 N–H and O–H groups in total. The molecular weight excluding hydrogens is 256 g/mol. The van der Waals surface area contributed by atoms with Crippen molar-refractivity contribution in [1.82, 2.24) is 4.90 Å². The van der Waals surface area contributed by atoms with Crippen molar-refractivity contribution >= 4 is 5.69 Å². The summed E-state index contributed by atoms with van der Waals surface area (Å²) in [6, 6.07) is 9.64. The third-order valence-electron chi connectivity index (χ3n) is 6.59. The van der Waals surface area contributed by atoms with Crippen molar-refractivity contribution in [2.45, 2.75) is 52.6 Å². The highest BCUT2D eigenvalue weighted by Crippen LogP contribution is 2.65. The van der Waals surface area contributed by atoms with Gasteiger partial charge in [-0.15, -0.1) is 0 Å². The third-order valence-corrected chi connectivity index (χ3v) is 6.59. The lowest BCUT2D eigenvalue weighted by molar-refractivity contribution is 0.142. The van der Waals surface area contributed by atoms with Crippen molar-refractivity contribution < 1.29 is 0 Å². The van der Waals surface area contributed by atoms with Crippen LogP contribution < -0.4 is 5.32 Å². The fourth-order valence-electron chi connectivity index (χ4n) is 4.69. The zero-order chi connectivity index (χ0) is 15.3. The van der Waals surface area contributed by atoms with Gasteiger partial charge in [0.05, 0.1) is 0 Å². The Morgan fingerprint density at radius 2 is 1.81 bits per heavy atom. The maximum Gasteiger partial charge on any atom is 0.0342 e. The van der Waals surface area contributed by atoms with Crippen LogP contribution in [0.1, 0.15) is 45.6 Å². The van der Waals surface area contributed by atoms with Gasteiger partial charge in [-0.05, 0) is 67.8 Å². The first-order valence-electron chi connectivity index (χ1n) is 8.33. The van der Waals surface area contributed by atoms with Crippen LogP contribution >= 0.6 is 0 Å². The van der Waals surface area contributed by atoms with Crippen molar-refractivity contribution in [3.8, 4) is 0 Å². The van der Waals surface area contributed by atoms with Gasteiger partial charge in [0, 0.05) is 18.3 Å². The van der Waals surface area contributed by atoms with Crippen LogP contribution in [0.15, 0.2) is 24.3 Å². The van der Waals surface area contributed by atoms with Crippen molar-refractivity contribution in [2.24, 2.45) is 16.7 Å². The summed E-state index contributed by atoms with van der Waals surface area (Å²) in [5.41, 5.74) is 3.59. The van der Waals surface area contributed by atoms with Gasteiger partial charge in [0.15, 0.2) is 0 Å². The number of benzene rings is 1. The molecule has 1 aromatic rings. The highest BCUT2D eigenvalue weighted by Gasteiger charge is 2.61. The first-order chi connectivity index (χ1) is 9.83. The van der Waals surface area contributed by atoms with Crippen molar-refractivity contribution in [1.29, 1.82) is 0 Å². The van der Waals surface area contributed by atoms with Gasteiger partial charge >= 0.3 is 0 Å². The molecule has 0 heterocycles. The monoisotopic (exact) mass is 286 g/mol. The van der Waals surface area contributed by atoms with Crippen LogP contribution in [0.3, 0.4) is 0 Å². The Morgan fingerprint density at radius 3 is 2.29 bits per heavy atom. The molecule has 2 bridgehead atoms. The highest BCUT2D eigenvalue weighted by atomic mass is 15.0. The SMILES string of the molecule is CN(C)Cc1ccc(NC2CC3CCC2(C)C3(C)C)cc1. The van der Waals surface area contributed by atoms with Crippen LogP contribution in [0, 0.1) is 16.7 Å². The predicted octanol–water partition coefficient (Wildman–Crippen LogP) is 4.37. The number of anilines is 1.